The lowest BCUT2D eigenvalue weighted by atomic mass is 10.0. The van der Waals surface area contributed by atoms with Crippen LogP contribution in [-0.4, -0.2) is 9.97 Å². The van der Waals surface area contributed by atoms with Crippen LogP contribution >= 0.6 is 0 Å². The second-order valence-corrected chi connectivity index (χ2v) is 7.38. The predicted octanol–water partition coefficient (Wildman–Crippen LogP) is 7.30. The summed E-state index contributed by atoms with van der Waals surface area (Å²) in [5, 5.41) is 5.38. The van der Waals surface area contributed by atoms with Gasteiger partial charge in [0.25, 0.3) is 0 Å². The fourth-order valence-electron chi connectivity index (χ4n) is 3.27. The Morgan fingerprint density at radius 2 is 1.34 bits per heavy atom. The van der Waals surface area contributed by atoms with E-state index in [4.69, 9.17) is 0 Å². The molecule has 0 bridgehead atoms. The summed E-state index contributed by atoms with van der Waals surface area (Å²) in [6.45, 7) is -0.549. The van der Waals surface area contributed by atoms with Crippen molar-refractivity contribution in [2.24, 2.45) is 0 Å². The minimum absolute atomic E-state index is 0.0184. The number of halogens is 8. The van der Waals surface area contributed by atoms with Crippen LogP contribution in [-0.2, 0) is 18.9 Å². The van der Waals surface area contributed by atoms with Gasteiger partial charge in [-0.05, 0) is 42.0 Å². The van der Waals surface area contributed by atoms with E-state index in [1.807, 2.05) is 0 Å². The molecule has 0 aliphatic carbocycles. The molecule has 0 fully saturated rings. The van der Waals surface area contributed by atoms with Crippen molar-refractivity contribution in [1.82, 2.24) is 9.97 Å². The number of alkyl halides is 6. The minimum atomic E-state index is -5.04. The Morgan fingerprint density at radius 1 is 0.686 bits per heavy atom. The minimum Gasteiger partial charge on any atom is -0.363 e. The first-order valence-electron chi connectivity index (χ1n) is 9.92. The molecule has 4 aromatic rings. The maximum atomic E-state index is 13.6. The van der Waals surface area contributed by atoms with Crippen molar-refractivity contribution in [2.75, 3.05) is 10.6 Å². The lowest BCUT2D eigenvalue weighted by Crippen LogP contribution is -2.16. The molecule has 3 aromatic carbocycles. The first-order chi connectivity index (χ1) is 16.4. The second-order valence-electron chi connectivity index (χ2n) is 7.38. The number of nitrogens with zero attached hydrogens (tertiary/aromatic N) is 2. The van der Waals surface area contributed by atoms with Crippen LogP contribution in [0.4, 0.5) is 52.4 Å². The summed E-state index contributed by atoms with van der Waals surface area (Å²) in [6, 6.07) is 10.8. The molecule has 4 rings (SSSR count). The van der Waals surface area contributed by atoms with Crippen LogP contribution in [0.5, 0.6) is 0 Å². The molecule has 0 saturated heterocycles. The zero-order valence-electron chi connectivity index (χ0n) is 17.4. The highest BCUT2D eigenvalue weighted by Gasteiger charge is 2.38. The van der Waals surface area contributed by atoms with Crippen molar-refractivity contribution in [3.8, 4) is 0 Å². The zero-order chi connectivity index (χ0) is 25.4. The van der Waals surface area contributed by atoms with Crippen LogP contribution in [0.2, 0.25) is 0 Å². The molecule has 0 radical (unpaired) electrons. The fourth-order valence-corrected chi connectivity index (χ4v) is 3.27. The molecule has 0 aliphatic rings. The number of hydrogen-bond acceptors (Lipinski definition) is 4. The van der Waals surface area contributed by atoms with Crippen LogP contribution in [0.15, 0.2) is 60.7 Å². The van der Waals surface area contributed by atoms with Gasteiger partial charge < -0.3 is 10.6 Å². The highest BCUT2D eigenvalue weighted by Crippen LogP contribution is 2.38. The summed E-state index contributed by atoms with van der Waals surface area (Å²) in [5.74, 6) is -2.30. The van der Waals surface area contributed by atoms with Crippen molar-refractivity contribution in [1.29, 1.82) is 0 Å². The van der Waals surface area contributed by atoms with E-state index in [9.17, 15) is 35.1 Å². The third kappa shape index (κ3) is 5.42. The molecule has 0 spiro atoms. The Kier molecular flexibility index (Phi) is 6.22. The van der Waals surface area contributed by atoms with E-state index in [-0.39, 0.29) is 23.4 Å². The molecule has 0 aliphatic heterocycles. The van der Waals surface area contributed by atoms with E-state index in [0.717, 1.165) is 18.2 Å². The molecule has 0 amide bonds. The zero-order valence-corrected chi connectivity index (χ0v) is 17.4. The van der Waals surface area contributed by atoms with E-state index < -0.39 is 47.2 Å². The Bertz CT molecular complexity index is 1380. The number of benzene rings is 3. The van der Waals surface area contributed by atoms with E-state index >= 15 is 0 Å². The van der Waals surface area contributed by atoms with E-state index in [1.54, 1.807) is 24.3 Å². The fraction of sp³-hybridized carbons (Fsp3) is 0.130. The van der Waals surface area contributed by atoms with E-state index in [0.29, 0.717) is 17.1 Å². The highest BCUT2D eigenvalue weighted by atomic mass is 19.4. The van der Waals surface area contributed by atoms with E-state index in [1.165, 1.54) is 6.07 Å². The summed E-state index contributed by atoms with van der Waals surface area (Å²) in [6.07, 6.45) is -9.99. The summed E-state index contributed by atoms with van der Waals surface area (Å²) in [7, 11) is 0. The molecule has 0 atom stereocenters. The maximum Gasteiger partial charge on any atom is 0.416 e. The number of aromatic nitrogens is 2. The topological polar surface area (TPSA) is 49.8 Å². The monoisotopic (exact) mass is 498 g/mol. The highest BCUT2D eigenvalue weighted by molar-refractivity contribution is 5.81. The summed E-state index contributed by atoms with van der Waals surface area (Å²) in [4.78, 5) is 8.64. The molecule has 1 heterocycles. The molecule has 0 saturated carbocycles. The molecule has 12 heteroatoms. The van der Waals surface area contributed by atoms with Crippen LogP contribution in [0.25, 0.3) is 11.0 Å². The van der Waals surface area contributed by atoms with Crippen molar-refractivity contribution >= 4 is 28.4 Å². The SMILES string of the molecule is Fc1ccc(Nc2nc3ccccc3nc2NCc2ccc(C(F)(F)F)cc2C(F)(F)F)cc1F. The van der Waals surface area contributed by atoms with Crippen LogP contribution < -0.4 is 10.6 Å². The molecule has 4 nitrogen and oxygen atoms in total. The van der Waals surface area contributed by atoms with Crippen molar-refractivity contribution in [2.45, 2.75) is 18.9 Å². The predicted molar refractivity (Wildman–Crippen MR) is 113 cm³/mol. The molecular formula is C23H14F8N4. The number of para-hydroxylation sites is 2. The normalized spacial score (nSPS) is 12.1. The maximum absolute atomic E-state index is 13.6. The van der Waals surface area contributed by atoms with Gasteiger partial charge in [0, 0.05) is 18.3 Å². The van der Waals surface area contributed by atoms with Gasteiger partial charge in [0.05, 0.1) is 22.2 Å². The largest absolute Gasteiger partial charge is 0.416 e. The van der Waals surface area contributed by atoms with Gasteiger partial charge in [-0.15, -0.1) is 0 Å². The lowest BCUT2D eigenvalue weighted by Gasteiger charge is -2.18. The van der Waals surface area contributed by atoms with Gasteiger partial charge >= 0.3 is 12.4 Å². The Morgan fingerprint density at radius 3 is 1.94 bits per heavy atom. The van der Waals surface area contributed by atoms with Gasteiger partial charge in [0.2, 0.25) is 0 Å². The number of hydrogen-bond donors (Lipinski definition) is 2. The molecule has 1 aromatic heterocycles. The summed E-state index contributed by atoms with van der Waals surface area (Å²) in [5.41, 5.74) is -2.49. The Labute approximate surface area is 192 Å². The molecule has 0 unspecified atom stereocenters. The summed E-state index contributed by atoms with van der Waals surface area (Å²) < 4.78 is 106. The Balaban J connectivity index is 1.71. The van der Waals surface area contributed by atoms with Gasteiger partial charge in [-0.1, -0.05) is 18.2 Å². The second kappa shape index (κ2) is 9.01. The van der Waals surface area contributed by atoms with E-state index in [2.05, 4.69) is 20.6 Å². The van der Waals surface area contributed by atoms with Crippen LogP contribution in [0, 0.1) is 11.6 Å². The van der Waals surface area contributed by atoms with Crippen LogP contribution in [0.3, 0.4) is 0 Å². The van der Waals surface area contributed by atoms with Crippen molar-refractivity contribution in [3.05, 3.63) is 89.0 Å². The van der Waals surface area contributed by atoms with Gasteiger partial charge in [-0.3, -0.25) is 0 Å². The first kappa shape index (κ1) is 24.2. The molecule has 35 heavy (non-hydrogen) atoms. The third-order valence-electron chi connectivity index (χ3n) is 4.94. The molecule has 182 valence electrons. The smallest absolute Gasteiger partial charge is 0.363 e. The Hall–Kier alpha value is -3.96. The van der Waals surface area contributed by atoms with Crippen molar-refractivity contribution in [3.63, 3.8) is 0 Å². The van der Waals surface area contributed by atoms with Crippen LogP contribution in [0.1, 0.15) is 16.7 Å². The quantitative estimate of drug-likeness (QED) is 0.284. The first-order valence-corrected chi connectivity index (χ1v) is 9.92. The van der Waals surface area contributed by atoms with Gasteiger partial charge in [0.15, 0.2) is 23.3 Å². The number of fused-ring (bicyclic) bond motifs is 1. The van der Waals surface area contributed by atoms with Crippen molar-refractivity contribution < 1.29 is 35.1 Å². The van der Waals surface area contributed by atoms with Gasteiger partial charge in [0.1, 0.15) is 0 Å². The average molecular weight is 498 g/mol. The number of rotatable bonds is 5. The number of nitrogens with one attached hydrogen (secondary N) is 2. The third-order valence-corrected chi connectivity index (χ3v) is 4.94. The molecule has 2 N–H and O–H groups in total. The summed E-state index contributed by atoms with van der Waals surface area (Å²) >= 11 is 0. The van der Waals surface area contributed by atoms with Gasteiger partial charge in [-0.2, -0.15) is 26.3 Å². The van der Waals surface area contributed by atoms with Gasteiger partial charge in [-0.25, -0.2) is 18.7 Å². The standard InChI is InChI=1S/C23H14F8N4/c24-16-8-7-14(10-17(16)25)33-21-20(34-18-3-1-2-4-19(18)35-21)32-11-12-5-6-13(22(26,27)28)9-15(12)23(29,30)31/h1-10H,11H2,(H,32,34)(H,33,35). The number of anilines is 3. The lowest BCUT2D eigenvalue weighted by molar-refractivity contribution is -0.143. The average Bonchev–Trinajstić information content (AvgIpc) is 2.78. The molecular weight excluding hydrogens is 484 g/mol.